The number of thiophene rings is 1. The number of halogens is 2. The van der Waals surface area contributed by atoms with Crippen molar-refractivity contribution < 1.29 is 0 Å². The predicted octanol–water partition coefficient (Wildman–Crippen LogP) is 5.07. The molecule has 90 valence electrons. The van der Waals surface area contributed by atoms with Gasteiger partial charge < -0.3 is 5.73 Å². The van der Waals surface area contributed by atoms with Crippen LogP contribution in [0, 0.1) is 0 Å². The molecule has 0 amide bonds. The van der Waals surface area contributed by atoms with Crippen LogP contribution >= 0.6 is 55.0 Å². The van der Waals surface area contributed by atoms with Crippen LogP contribution in [0.25, 0.3) is 0 Å². The molecule has 0 fully saturated rings. The molecule has 1 unspecified atom stereocenters. The average molecular weight is 393 g/mol. The molecule has 0 saturated carbocycles. The maximum atomic E-state index is 5.86. The van der Waals surface area contributed by atoms with Crippen LogP contribution in [-0.4, -0.2) is 6.54 Å². The number of hydrogen-bond donors (Lipinski definition) is 1. The summed E-state index contributed by atoms with van der Waals surface area (Å²) in [7, 11) is 0. The van der Waals surface area contributed by atoms with E-state index in [1.807, 2.05) is 12.1 Å². The summed E-state index contributed by atoms with van der Waals surface area (Å²) in [6.07, 6.45) is 0. The van der Waals surface area contributed by atoms with Gasteiger partial charge in [-0.3, -0.25) is 0 Å². The fourth-order valence-electron chi connectivity index (χ4n) is 1.43. The summed E-state index contributed by atoms with van der Waals surface area (Å²) in [6, 6.07) is 12.5. The van der Waals surface area contributed by atoms with E-state index in [0.717, 1.165) is 8.26 Å². The lowest BCUT2D eigenvalue weighted by atomic mass is 10.3. The van der Waals surface area contributed by atoms with Gasteiger partial charge in [0, 0.05) is 20.8 Å². The molecule has 17 heavy (non-hydrogen) atoms. The summed E-state index contributed by atoms with van der Waals surface area (Å²) in [5.41, 5.74) is 5.86. The van der Waals surface area contributed by atoms with E-state index in [0.29, 0.717) is 11.8 Å². The highest BCUT2D eigenvalue weighted by Gasteiger charge is 2.13. The first-order chi connectivity index (χ1) is 8.19. The van der Waals surface area contributed by atoms with Crippen LogP contribution in [0.2, 0.25) is 0 Å². The van der Waals surface area contributed by atoms with Crippen LogP contribution in [0.3, 0.4) is 0 Å². The Morgan fingerprint density at radius 2 is 2.06 bits per heavy atom. The number of hydrogen-bond acceptors (Lipinski definition) is 3. The van der Waals surface area contributed by atoms with Crippen molar-refractivity contribution in [3.8, 4) is 0 Å². The van der Waals surface area contributed by atoms with E-state index >= 15 is 0 Å². The summed E-state index contributed by atoms with van der Waals surface area (Å²) >= 11 is 10.5. The van der Waals surface area contributed by atoms with Crippen molar-refractivity contribution in [3.63, 3.8) is 0 Å². The first-order valence-corrected chi connectivity index (χ1v) is 8.35. The molecule has 1 nitrogen and oxygen atoms in total. The molecule has 1 heterocycles. The molecule has 0 saturated heterocycles. The molecule has 2 N–H and O–H groups in total. The molecule has 1 aromatic carbocycles. The largest absolute Gasteiger partial charge is 0.329 e. The van der Waals surface area contributed by atoms with Gasteiger partial charge in [0.05, 0.1) is 9.04 Å². The molecule has 2 rings (SSSR count). The third kappa shape index (κ3) is 3.83. The molecule has 0 bridgehead atoms. The maximum absolute atomic E-state index is 5.86. The van der Waals surface area contributed by atoms with Crippen LogP contribution in [0.15, 0.2) is 49.6 Å². The van der Waals surface area contributed by atoms with Crippen molar-refractivity contribution in [1.82, 2.24) is 0 Å². The summed E-state index contributed by atoms with van der Waals surface area (Å²) in [5, 5.41) is 0.320. The molecule has 0 radical (unpaired) electrons. The smallest absolute Gasteiger partial charge is 0.0701 e. The van der Waals surface area contributed by atoms with Gasteiger partial charge in [0.1, 0.15) is 0 Å². The number of nitrogens with two attached hydrogens (primary N) is 1. The minimum Gasteiger partial charge on any atom is -0.329 e. The first kappa shape index (κ1) is 13.6. The molecular weight excluding hydrogens is 382 g/mol. The Kier molecular flexibility index (Phi) is 5.11. The zero-order valence-corrected chi connectivity index (χ0v) is 13.7. The topological polar surface area (TPSA) is 26.0 Å². The Labute approximate surface area is 126 Å². The summed E-state index contributed by atoms with van der Waals surface area (Å²) in [4.78, 5) is 2.55. The quantitative estimate of drug-likeness (QED) is 0.735. The van der Waals surface area contributed by atoms with Crippen LogP contribution in [-0.2, 0) is 0 Å². The zero-order chi connectivity index (χ0) is 12.3. The van der Waals surface area contributed by atoms with Gasteiger partial charge in [-0.25, -0.2) is 0 Å². The van der Waals surface area contributed by atoms with Crippen LogP contribution in [0.1, 0.15) is 10.1 Å². The Balaban J connectivity index is 2.15. The lowest BCUT2D eigenvalue weighted by Crippen LogP contribution is -2.07. The van der Waals surface area contributed by atoms with Gasteiger partial charge in [-0.1, -0.05) is 22.0 Å². The number of thioether (sulfide) groups is 1. The van der Waals surface area contributed by atoms with Crippen molar-refractivity contribution in [2.75, 3.05) is 6.54 Å². The molecule has 0 aliphatic heterocycles. The van der Waals surface area contributed by atoms with Gasteiger partial charge in [0.2, 0.25) is 0 Å². The highest BCUT2D eigenvalue weighted by Crippen LogP contribution is 2.39. The standard InChI is InChI=1S/C12H11Br2NS2/c13-8-2-1-3-9(6-8)16-11(7-15)10-4-5-12(14)17-10/h1-6,11H,7,15H2. The normalized spacial score (nSPS) is 12.6. The second-order valence-electron chi connectivity index (χ2n) is 3.44. The van der Waals surface area contributed by atoms with Crippen molar-refractivity contribution in [2.45, 2.75) is 10.1 Å². The summed E-state index contributed by atoms with van der Waals surface area (Å²) < 4.78 is 2.26. The fraction of sp³-hybridized carbons (Fsp3) is 0.167. The Hall–Kier alpha value is 0.190. The molecule has 0 aliphatic carbocycles. The van der Waals surface area contributed by atoms with E-state index in [9.17, 15) is 0 Å². The van der Waals surface area contributed by atoms with Gasteiger partial charge in [0.15, 0.2) is 0 Å². The molecule has 5 heteroatoms. The van der Waals surface area contributed by atoms with E-state index in [1.54, 1.807) is 23.1 Å². The fourth-order valence-corrected chi connectivity index (χ4v) is 4.66. The number of benzene rings is 1. The molecule has 0 aliphatic rings. The summed E-state index contributed by atoms with van der Waals surface area (Å²) in [5.74, 6) is 0. The minimum absolute atomic E-state index is 0.320. The third-order valence-electron chi connectivity index (χ3n) is 2.20. The molecule has 1 aromatic heterocycles. The van der Waals surface area contributed by atoms with Crippen LogP contribution < -0.4 is 5.73 Å². The van der Waals surface area contributed by atoms with Crippen molar-refractivity contribution >= 4 is 55.0 Å². The van der Waals surface area contributed by atoms with Gasteiger partial charge in [-0.15, -0.1) is 23.1 Å². The number of rotatable bonds is 4. The molecule has 0 spiro atoms. The first-order valence-electron chi connectivity index (χ1n) is 5.06. The monoisotopic (exact) mass is 391 g/mol. The van der Waals surface area contributed by atoms with E-state index < -0.39 is 0 Å². The van der Waals surface area contributed by atoms with E-state index in [1.165, 1.54) is 9.77 Å². The molecule has 1 atom stereocenters. The minimum atomic E-state index is 0.320. The summed E-state index contributed by atoms with van der Waals surface area (Å²) in [6.45, 7) is 0.643. The Morgan fingerprint density at radius 1 is 1.24 bits per heavy atom. The van der Waals surface area contributed by atoms with E-state index in [4.69, 9.17) is 5.73 Å². The maximum Gasteiger partial charge on any atom is 0.0701 e. The second kappa shape index (κ2) is 6.38. The highest BCUT2D eigenvalue weighted by molar-refractivity contribution is 9.11. The van der Waals surface area contributed by atoms with Crippen molar-refractivity contribution in [3.05, 3.63) is 49.5 Å². The SMILES string of the molecule is NCC(Sc1cccc(Br)c1)c1ccc(Br)s1. The predicted molar refractivity (Wildman–Crippen MR) is 83.8 cm³/mol. The zero-order valence-electron chi connectivity index (χ0n) is 8.90. The van der Waals surface area contributed by atoms with Crippen LogP contribution in [0.5, 0.6) is 0 Å². The van der Waals surface area contributed by atoms with Crippen LogP contribution in [0.4, 0.5) is 0 Å². The lowest BCUT2D eigenvalue weighted by molar-refractivity contribution is 0.960. The highest BCUT2D eigenvalue weighted by atomic mass is 79.9. The van der Waals surface area contributed by atoms with Crippen molar-refractivity contribution in [2.24, 2.45) is 5.73 Å². The molecule has 2 aromatic rings. The van der Waals surface area contributed by atoms with E-state index in [2.05, 4.69) is 56.1 Å². The Morgan fingerprint density at radius 3 is 2.65 bits per heavy atom. The lowest BCUT2D eigenvalue weighted by Gasteiger charge is -2.12. The molecular formula is C12H11Br2NS2. The van der Waals surface area contributed by atoms with Gasteiger partial charge in [0.25, 0.3) is 0 Å². The van der Waals surface area contributed by atoms with Gasteiger partial charge in [-0.05, 0) is 46.3 Å². The van der Waals surface area contributed by atoms with Gasteiger partial charge in [-0.2, -0.15) is 0 Å². The van der Waals surface area contributed by atoms with Gasteiger partial charge >= 0.3 is 0 Å². The Bertz CT molecular complexity index is 499. The van der Waals surface area contributed by atoms with Crippen molar-refractivity contribution in [1.29, 1.82) is 0 Å². The third-order valence-corrected chi connectivity index (χ3v) is 5.84. The van der Waals surface area contributed by atoms with E-state index in [-0.39, 0.29) is 0 Å². The average Bonchev–Trinajstić information content (AvgIpc) is 2.73. The second-order valence-corrected chi connectivity index (χ2v) is 8.13.